The van der Waals surface area contributed by atoms with E-state index < -0.39 is 18.2 Å². The molecule has 0 aliphatic carbocycles. The zero-order valence-corrected chi connectivity index (χ0v) is 27.2. The number of carbonyl (C=O) groups excluding carboxylic acids is 1. The van der Waals surface area contributed by atoms with E-state index in [-0.39, 0.29) is 12.5 Å². The smallest absolute Gasteiger partial charge is 0.220 e. The van der Waals surface area contributed by atoms with Gasteiger partial charge in [-0.15, -0.1) is 0 Å². The lowest BCUT2D eigenvalue weighted by Gasteiger charge is -2.26. The Hall–Kier alpha value is -1.17. The Labute approximate surface area is 254 Å². The number of hydrogen-bond acceptors (Lipinski definition) is 4. The molecule has 4 N–H and O–H groups in total. The zero-order chi connectivity index (χ0) is 30.2. The second-order valence-corrected chi connectivity index (χ2v) is 12.1. The van der Waals surface area contributed by atoms with E-state index in [1.807, 2.05) is 13.0 Å². The first-order valence-electron chi connectivity index (χ1n) is 17.6. The van der Waals surface area contributed by atoms with Gasteiger partial charge in [0.25, 0.3) is 0 Å². The molecule has 3 atom stereocenters. The van der Waals surface area contributed by atoms with Crippen molar-refractivity contribution in [1.82, 2.24) is 5.32 Å². The standard InChI is InChI=1S/C36H69NO4/c1-3-5-7-9-11-13-14-15-16-17-18-19-20-21-22-23-25-27-29-31-35(40)37-33(32-38)36(41)34(39)30-28-26-24-12-10-8-6-4-2/h4,6,12,24,33-34,36,38-39,41H,3,5,7-11,13-23,25-32H2,1-2H3,(H,37,40)/b6-4+,24-12+. The second kappa shape index (κ2) is 31.8. The summed E-state index contributed by atoms with van der Waals surface area (Å²) in [6, 6.07) is -0.825. The van der Waals surface area contributed by atoms with Crippen LogP contribution in [-0.2, 0) is 4.79 Å². The molecule has 242 valence electrons. The van der Waals surface area contributed by atoms with Gasteiger partial charge in [-0.1, -0.05) is 147 Å². The summed E-state index contributed by atoms with van der Waals surface area (Å²) in [6.45, 7) is 3.91. The second-order valence-electron chi connectivity index (χ2n) is 12.1. The summed E-state index contributed by atoms with van der Waals surface area (Å²) < 4.78 is 0. The van der Waals surface area contributed by atoms with Crippen LogP contribution in [0.5, 0.6) is 0 Å². The third-order valence-electron chi connectivity index (χ3n) is 8.13. The molecule has 0 aliphatic heterocycles. The quantitative estimate of drug-likeness (QED) is 0.0487. The van der Waals surface area contributed by atoms with Crippen LogP contribution in [0.25, 0.3) is 0 Å². The summed E-state index contributed by atoms with van der Waals surface area (Å²) in [5, 5.41) is 33.1. The van der Waals surface area contributed by atoms with E-state index >= 15 is 0 Å². The normalized spacial score (nSPS) is 14.2. The number of aliphatic hydroxyl groups excluding tert-OH is 3. The van der Waals surface area contributed by atoms with Crippen LogP contribution >= 0.6 is 0 Å². The fourth-order valence-corrected chi connectivity index (χ4v) is 5.36. The van der Waals surface area contributed by atoms with Gasteiger partial charge in [0.2, 0.25) is 5.91 Å². The van der Waals surface area contributed by atoms with E-state index in [0.717, 1.165) is 44.9 Å². The number of unbranched alkanes of at least 4 members (excludes halogenated alkanes) is 20. The molecular weight excluding hydrogens is 510 g/mol. The molecule has 5 heteroatoms. The Bertz CT molecular complexity index is 606. The van der Waals surface area contributed by atoms with Crippen molar-refractivity contribution in [2.24, 2.45) is 0 Å². The first-order chi connectivity index (χ1) is 20.1. The highest BCUT2D eigenvalue weighted by Crippen LogP contribution is 2.15. The Morgan fingerprint density at radius 3 is 1.54 bits per heavy atom. The van der Waals surface area contributed by atoms with Crippen molar-refractivity contribution in [3.63, 3.8) is 0 Å². The highest BCUT2D eigenvalue weighted by atomic mass is 16.3. The molecule has 0 heterocycles. The first-order valence-corrected chi connectivity index (χ1v) is 17.6. The maximum absolute atomic E-state index is 12.3. The van der Waals surface area contributed by atoms with Crippen LogP contribution in [-0.4, -0.2) is 46.1 Å². The molecule has 0 bridgehead atoms. The van der Waals surface area contributed by atoms with Gasteiger partial charge in [0.1, 0.15) is 6.10 Å². The highest BCUT2D eigenvalue weighted by Gasteiger charge is 2.26. The molecule has 5 nitrogen and oxygen atoms in total. The van der Waals surface area contributed by atoms with Gasteiger partial charge in [-0.3, -0.25) is 4.79 Å². The Balaban J connectivity index is 3.62. The summed E-state index contributed by atoms with van der Waals surface area (Å²) in [5.74, 6) is -0.161. The SMILES string of the molecule is C/C=C/CC/C=C/CCCC(O)C(O)C(CO)NC(=O)CCCCCCCCCCCCCCCCCCCCC. The lowest BCUT2D eigenvalue weighted by Crippen LogP contribution is -2.50. The number of allylic oxidation sites excluding steroid dienone is 4. The molecule has 1 amide bonds. The van der Waals surface area contributed by atoms with Crippen LogP contribution in [0, 0.1) is 0 Å². The van der Waals surface area contributed by atoms with Gasteiger partial charge in [-0.25, -0.2) is 0 Å². The van der Waals surface area contributed by atoms with Crippen molar-refractivity contribution in [2.45, 2.75) is 193 Å². The van der Waals surface area contributed by atoms with Crippen LogP contribution in [0.4, 0.5) is 0 Å². The van der Waals surface area contributed by atoms with Crippen molar-refractivity contribution in [3.8, 4) is 0 Å². The maximum Gasteiger partial charge on any atom is 0.220 e. The largest absolute Gasteiger partial charge is 0.394 e. The van der Waals surface area contributed by atoms with Crippen molar-refractivity contribution < 1.29 is 20.1 Å². The van der Waals surface area contributed by atoms with E-state index in [2.05, 4.69) is 30.5 Å². The monoisotopic (exact) mass is 580 g/mol. The van der Waals surface area contributed by atoms with Crippen molar-refractivity contribution >= 4 is 5.91 Å². The van der Waals surface area contributed by atoms with Crippen LogP contribution in [0.3, 0.4) is 0 Å². The van der Waals surface area contributed by atoms with Gasteiger partial charge in [-0.05, 0) is 45.4 Å². The molecule has 0 rings (SSSR count). The third-order valence-corrected chi connectivity index (χ3v) is 8.13. The molecular formula is C36H69NO4. The molecule has 0 radical (unpaired) electrons. The van der Waals surface area contributed by atoms with E-state index in [0.29, 0.717) is 12.8 Å². The van der Waals surface area contributed by atoms with Gasteiger partial charge in [0.15, 0.2) is 0 Å². The summed E-state index contributed by atoms with van der Waals surface area (Å²) in [7, 11) is 0. The molecule has 3 unspecified atom stereocenters. The van der Waals surface area contributed by atoms with E-state index in [1.54, 1.807) is 0 Å². The van der Waals surface area contributed by atoms with Gasteiger partial charge >= 0.3 is 0 Å². The lowest BCUT2D eigenvalue weighted by atomic mass is 10.0. The Morgan fingerprint density at radius 2 is 1.07 bits per heavy atom. The molecule has 0 aromatic carbocycles. The lowest BCUT2D eigenvalue weighted by molar-refractivity contribution is -0.124. The average Bonchev–Trinajstić information content (AvgIpc) is 2.97. The van der Waals surface area contributed by atoms with E-state index in [4.69, 9.17) is 0 Å². The van der Waals surface area contributed by atoms with Crippen molar-refractivity contribution in [3.05, 3.63) is 24.3 Å². The van der Waals surface area contributed by atoms with E-state index in [9.17, 15) is 20.1 Å². The van der Waals surface area contributed by atoms with Crippen molar-refractivity contribution in [2.75, 3.05) is 6.61 Å². The summed E-state index contributed by atoms with van der Waals surface area (Å²) in [4.78, 5) is 12.3. The molecule has 0 saturated carbocycles. The molecule has 0 spiro atoms. The van der Waals surface area contributed by atoms with Crippen LogP contribution in [0.2, 0.25) is 0 Å². The van der Waals surface area contributed by atoms with Gasteiger partial charge in [0.05, 0.1) is 18.8 Å². The van der Waals surface area contributed by atoms with Crippen LogP contribution in [0.15, 0.2) is 24.3 Å². The average molecular weight is 580 g/mol. The molecule has 0 aliphatic rings. The number of hydrogen-bond donors (Lipinski definition) is 4. The minimum absolute atomic E-state index is 0.161. The predicted octanol–water partition coefficient (Wildman–Crippen LogP) is 9.09. The molecule has 0 saturated heterocycles. The number of aliphatic hydroxyl groups is 3. The summed E-state index contributed by atoms with van der Waals surface area (Å²) >= 11 is 0. The molecule has 0 aromatic heterocycles. The highest BCUT2D eigenvalue weighted by molar-refractivity contribution is 5.76. The number of amides is 1. The molecule has 0 fully saturated rings. The minimum atomic E-state index is -1.16. The summed E-state index contributed by atoms with van der Waals surface area (Å²) in [6.07, 6.45) is 35.9. The van der Waals surface area contributed by atoms with Gasteiger partial charge in [-0.2, -0.15) is 0 Å². The minimum Gasteiger partial charge on any atom is -0.394 e. The van der Waals surface area contributed by atoms with Crippen LogP contribution < -0.4 is 5.32 Å². The van der Waals surface area contributed by atoms with Gasteiger partial charge < -0.3 is 20.6 Å². The molecule has 41 heavy (non-hydrogen) atoms. The fraction of sp³-hybridized carbons (Fsp3) is 0.861. The predicted molar refractivity (Wildman–Crippen MR) is 176 cm³/mol. The number of rotatable bonds is 31. The first kappa shape index (κ1) is 39.8. The van der Waals surface area contributed by atoms with Gasteiger partial charge in [0, 0.05) is 6.42 Å². The zero-order valence-electron chi connectivity index (χ0n) is 27.2. The number of carbonyl (C=O) groups is 1. The van der Waals surface area contributed by atoms with Crippen LogP contribution in [0.1, 0.15) is 174 Å². The Kier molecular flexibility index (Phi) is 30.9. The topological polar surface area (TPSA) is 89.8 Å². The van der Waals surface area contributed by atoms with Crippen molar-refractivity contribution in [1.29, 1.82) is 0 Å². The maximum atomic E-state index is 12.3. The third kappa shape index (κ3) is 27.4. The molecule has 0 aromatic rings. The fourth-order valence-electron chi connectivity index (χ4n) is 5.36. The Morgan fingerprint density at radius 1 is 0.634 bits per heavy atom. The number of nitrogens with one attached hydrogen (secondary N) is 1. The van der Waals surface area contributed by atoms with E-state index in [1.165, 1.54) is 103 Å². The summed E-state index contributed by atoms with van der Waals surface area (Å²) in [5.41, 5.74) is 0.